The predicted octanol–water partition coefficient (Wildman–Crippen LogP) is 3.07. The van der Waals surface area contributed by atoms with Crippen molar-refractivity contribution in [1.29, 1.82) is 0 Å². The summed E-state index contributed by atoms with van der Waals surface area (Å²) in [4.78, 5) is 14.1. The third-order valence-electron chi connectivity index (χ3n) is 2.98. The van der Waals surface area contributed by atoms with Gasteiger partial charge in [-0.25, -0.2) is 4.79 Å². The fraction of sp³-hybridized carbons (Fsp3) is 0.455. The number of rotatable bonds is 2. The first-order valence-electron chi connectivity index (χ1n) is 5.20. The fourth-order valence-corrected chi connectivity index (χ4v) is 1.83. The molecule has 0 aliphatic heterocycles. The van der Waals surface area contributed by atoms with E-state index in [0.29, 0.717) is 5.56 Å². The predicted molar refractivity (Wildman–Crippen MR) is 52.8 cm³/mol. The van der Waals surface area contributed by atoms with Crippen LogP contribution in [0.5, 0.6) is 0 Å². The second kappa shape index (κ2) is 4.01. The van der Waals surface area contributed by atoms with Crippen molar-refractivity contribution >= 4 is 5.97 Å². The molecular formula is C11H10F3NO2. The average molecular weight is 245 g/mol. The van der Waals surface area contributed by atoms with Crippen molar-refractivity contribution in [3.05, 3.63) is 29.1 Å². The van der Waals surface area contributed by atoms with E-state index in [2.05, 4.69) is 4.98 Å². The lowest BCUT2D eigenvalue weighted by molar-refractivity contribution is -0.141. The molecule has 1 heterocycles. The molecule has 1 aromatic rings. The number of halogens is 3. The minimum Gasteiger partial charge on any atom is -0.478 e. The standard InChI is InChI=1S/C11H10F3NO2/c12-11(13,14)9-8(10(16)17)4-7(5-15-9)6-2-1-3-6/h4-6H,1-3H2,(H,16,17). The van der Waals surface area contributed by atoms with Crippen molar-refractivity contribution < 1.29 is 23.1 Å². The maximum atomic E-state index is 12.5. The highest BCUT2D eigenvalue weighted by Crippen LogP contribution is 2.38. The number of nitrogens with zero attached hydrogens (tertiary/aromatic N) is 1. The molecule has 1 aliphatic rings. The molecule has 0 unspecified atom stereocenters. The lowest BCUT2D eigenvalue weighted by Gasteiger charge is -2.26. The Bertz CT molecular complexity index is 453. The zero-order chi connectivity index (χ0) is 12.6. The quantitative estimate of drug-likeness (QED) is 0.871. The molecule has 2 rings (SSSR count). The maximum absolute atomic E-state index is 12.5. The lowest BCUT2D eigenvalue weighted by atomic mass is 9.80. The SMILES string of the molecule is O=C(O)c1cc(C2CCC2)cnc1C(F)(F)F. The molecule has 6 heteroatoms. The summed E-state index contributed by atoms with van der Waals surface area (Å²) in [7, 11) is 0. The second-order valence-electron chi connectivity index (χ2n) is 4.10. The maximum Gasteiger partial charge on any atom is 0.434 e. The summed E-state index contributed by atoms with van der Waals surface area (Å²) >= 11 is 0. The molecule has 1 aromatic heterocycles. The molecular weight excluding hydrogens is 235 g/mol. The Morgan fingerprint density at radius 3 is 2.47 bits per heavy atom. The smallest absolute Gasteiger partial charge is 0.434 e. The van der Waals surface area contributed by atoms with Crippen molar-refractivity contribution in [3.8, 4) is 0 Å². The zero-order valence-electron chi connectivity index (χ0n) is 8.79. The number of carbonyl (C=O) groups is 1. The molecule has 0 radical (unpaired) electrons. The highest BCUT2D eigenvalue weighted by atomic mass is 19.4. The minimum atomic E-state index is -4.73. The lowest BCUT2D eigenvalue weighted by Crippen LogP contribution is -2.17. The van der Waals surface area contributed by atoms with Gasteiger partial charge < -0.3 is 5.11 Å². The van der Waals surface area contributed by atoms with Gasteiger partial charge in [0.2, 0.25) is 0 Å². The monoisotopic (exact) mass is 245 g/mol. The van der Waals surface area contributed by atoms with Crippen LogP contribution in [-0.4, -0.2) is 16.1 Å². The van der Waals surface area contributed by atoms with E-state index in [1.165, 1.54) is 0 Å². The van der Waals surface area contributed by atoms with E-state index in [0.717, 1.165) is 31.5 Å². The summed E-state index contributed by atoms with van der Waals surface area (Å²) in [5.41, 5.74) is -1.50. The van der Waals surface area contributed by atoms with E-state index in [1.807, 2.05) is 0 Å². The topological polar surface area (TPSA) is 50.2 Å². The van der Waals surface area contributed by atoms with Crippen molar-refractivity contribution in [1.82, 2.24) is 4.98 Å². The van der Waals surface area contributed by atoms with E-state index < -0.39 is 23.4 Å². The van der Waals surface area contributed by atoms with Crippen molar-refractivity contribution in [2.24, 2.45) is 0 Å². The van der Waals surface area contributed by atoms with Gasteiger partial charge in [-0.3, -0.25) is 4.98 Å². The van der Waals surface area contributed by atoms with Crippen molar-refractivity contribution in [2.45, 2.75) is 31.4 Å². The van der Waals surface area contributed by atoms with Crippen LogP contribution < -0.4 is 0 Å². The summed E-state index contributed by atoms with van der Waals surface area (Å²) < 4.78 is 37.5. The molecule has 92 valence electrons. The number of carboxylic acids is 1. The van der Waals surface area contributed by atoms with Crippen LogP contribution in [0.25, 0.3) is 0 Å². The van der Waals surface area contributed by atoms with Crippen LogP contribution in [0.1, 0.15) is 46.8 Å². The van der Waals surface area contributed by atoms with Gasteiger partial charge in [0, 0.05) is 6.20 Å². The van der Waals surface area contributed by atoms with Gasteiger partial charge in [0.05, 0.1) is 5.56 Å². The Morgan fingerprint density at radius 1 is 1.41 bits per heavy atom. The molecule has 0 spiro atoms. The molecule has 1 saturated carbocycles. The molecule has 1 N–H and O–H groups in total. The van der Waals surface area contributed by atoms with E-state index >= 15 is 0 Å². The summed E-state index contributed by atoms with van der Waals surface area (Å²) in [6, 6.07) is 1.10. The fourth-order valence-electron chi connectivity index (χ4n) is 1.83. The van der Waals surface area contributed by atoms with E-state index in [1.54, 1.807) is 0 Å². The van der Waals surface area contributed by atoms with Gasteiger partial charge in [-0.15, -0.1) is 0 Å². The molecule has 0 bridgehead atoms. The first-order valence-corrected chi connectivity index (χ1v) is 5.20. The number of hydrogen-bond acceptors (Lipinski definition) is 2. The van der Waals surface area contributed by atoms with Crippen LogP contribution in [0, 0.1) is 0 Å². The van der Waals surface area contributed by atoms with Crippen LogP contribution in [0.4, 0.5) is 13.2 Å². The van der Waals surface area contributed by atoms with Crippen LogP contribution in [0.3, 0.4) is 0 Å². The van der Waals surface area contributed by atoms with Gasteiger partial charge in [0.1, 0.15) is 0 Å². The number of aromatic carboxylic acids is 1. The molecule has 17 heavy (non-hydrogen) atoms. The number of carboxylic acid groups (broad SMARTS) is 1. The first-order chi connectivity index (χ1) is 7.89. The number of pyridine rings is 1. The number of hydrogen-bond donors (Lipinski definition) is 1. The van der Waals surface area contributed by atoms with Gasteiger partial charge in [0.15, 0.2) is 5.69 Å². The van der Waals surface area contributed by atoms with E-state index in [-0.39, 0.29) is 5.92 Å². The number of aromatic nitrogens is 1. The molecule has 0 saturated heterocycles. The second-order valence-corrected chi connectivity index (χ2v) is 4.10. The van der Waals surface area contributed by atoms with Gasteiger partial charge in [-0.05, 0) is 30.4 Å². The molecule has 0 atom stereocenters. The molecule has 0 amide bonds. The Hall–Kier alpha value is -1.59. The highest BCUT2D eigenvalue weighted by molar-refractivity contribution is 5.89. The van der Waals surface area contributed by atoms with Gasteiger partial charge >= 0.3 is 12.1 Å². The molecule has 0 aromatic carbocycles. The van der Waals surface area contributed by atoms with Crippen LogP contribution >= 0.6 is 0 Å². The zero-order valence-corrected chi connectivity index (χ0v) is 8.79. The summed E-state index contributed by atoms with van der Waals surface area (Å²) in [5.74, 6) is -1.44. The first kappa shape index (κ1) is 11.9. The van der Waals surface area contributed by atoms with Crippen LogP contribution in [-0.2, 0) is 6.18 Å². The van der Waals surface area contributed by atoms with E-state index in [4.69, 9.17) is 5.11 Å². The third-order valence-corrected chi connectivity index (χ3v) is 2.98. The van der Waals surface area contributed by atoms with Gasteiger partial charge in [-0.2, -0.15) is 13.2 Å². The third kappa shape index (κ3) is 2.25. The Morgan fingerprint density at radius 2 is 2.06 bits per heavy atom. The largest absolute Gasteiger partial charge is 0.478 e. The van der Waals surface area contributed by atoms with E-state index in [9.17, 15) is 18.0 Å². The number of alkyl halides is 3. The van der Waals surface area contributed by atoms with Crippen molar-refractivity contribution in [3.63, 3.8) is 0 Å². The van der Waals surface area contributed by atoms with Crippen LogP contribution in [0.2, 0.25) is 0 Å². The van der Waals surface area contributed by atoms with Gasteiger partial charge in [-0.1, -0.05) is 6.42 Å². The van der Waals surface area contributed by atoms with Crippen LogP contribution in [0.15, 0.2) is 12.3 Å². The molecule has 1 fully saturated rings. The Balaban J connectivity index is 2.44. The Labute approximate surface area is 95.3 Å². The summed E-state index contributed by atoms with van der Waals surface area (Å²) in [5, 5.41) is 8.79. The molecule has 1 aliphatic carbocycles. The minimum absolute atomic E-state index is 0.155. The normalized spacial score (nSPS) is 16.6. The summed E-state index contributed by atoms with van der Waals surface area (Å²) in [6.07, 6.45) is -0.808. The average Bonchev–Trinajstić information content (AvgIpc) is 2.13. The Kier molecular flexibility index (Phi) is 2.81. The molecule has 3 nitrogen and oxygen atoms in total. The van der Waals surface area contributed by atoms with Gasteiger partial charge in [0.25, 0.3) is 0 Å². The van der Waals surface area contributed by atoms with Crippen molar-refractivity contribution in [2.75, 3.05) is 0 Å². The summed E-state index contributed by atoms with van der Waals surface area (Å²) in [6.45, 7) is 0. The highest BCUT2D eigenvalue weighted by Gasteiger charge is 2.38.